The second kappa shape index (κ2) is 8.46. The summed E-state index contributed by atoms with van der Waals surface area (Å²) in [6.45, 7) is 2.84. The molecule has 1 amide bonds. The van der Waals surface area contributed by atoms with Gasteiger partial charge in [-0.25, -0.2) is 0 Å². The molecule has 0 radical (unpaired) electrons. The lowest BCUT2D eigenvalue weighted by Crippen LogP contribution is -2.37. The van der Waals surface area contributed by atoms with Crippen molar-refractivity contribution in [1.82, 2.24) is 4.98 Å². The molecule has 6 nitrogen and oxygen atoms in total. The largest absolute Gasteiger partial charge is 0.481 e. The number of nitrogens with zero attached hydrogens (tertiary/aromatic N) is 2. The van der Waals surface area contributed by atoms with Crippen LogP contribution in [0.4, 0.5) is 11.4 Å². The fraction of sp³-hybridized carbons (Fsp3) is 0.238. The summed E-state index contributed by atoms with van der Waals surface area (Å²) in [5, 5.41) is 4.33. The molecule has 0 atom stereocenters. The van der Waals surface area contributed by atoms with Gasteiger partial charge in [0, 0.05) is 24.7 Å². The molecule has 4 rings (SSSR count). The molecule has 7 heteroatoms. The van der Waals surface area contributed by atoms with Crippen molar-refractivity contribution < 1.29 is 14.3 Å². The Kier molecular flexibility index (Phi) is 5.60. The first-order valence-corrected chi connectivity index (χ1v) is 9.48. The SMILES string of the molecule is O=C(COc1ccc(Cl)c2cccnc12)Nc1ccccc1N1CCOCC1. The zero-order valence-corrected chi connectivity index (χ0v) is 16.0. The maximum absolute atomic E-state index is 12.5. The third-order valence-corrected chi connectivity index (χ3v) is 4.90. The van der Waals surface area contributed by atoms with E-state index in [1.165, 1.54) is 0 Å². The fourth-order valence-electron chi connectivity index (χ4n) is 3.22. The van der Waals surface area contributed by atoms with Crippen LogP contribution in [0.2, 0.25) is 5.02 Å². The minimum Gasteiger partial charge on any atom is -0.481 e. The van der Waals surface area contributed by atoms with E-state index in [-0.39, 0.29) is 12.5 Å². The summed E-state index contributed by atoms with van der Waals surface area (Å²) in [7, 11) is 0. The third kappa shape index (κ3) is 4.03. The number of carbonyl (C=O) groups excluding carboxylic acids is 1. The number of para-hydroxylation sites is 2. The molecule has 0 bridgehead atoms. The quantitative estimate of drug-likeness (QED) is 0.710. The van der Waals surface area contributed by atoms with Crippen LogP contribution in [0.3, 0.4) is 0 Å². The standard InChI is InChI=1S/C21H20ClN3O3/c22-16-7-8-19(21-15(16)4-3-9-23-21)28-14-20(26)24-17-5-1-2-6-18(17)25-10-12-27-13-11-25/h1-9H,10-14H2,(H,24,26). The van der Waals surface area contributed by atoms with E-state index in [9.17, 15) is 4.79 Å². The Morgan fingerprint density at radius 1 is 1.14 bits per heavy atom. The number of benzene rings is 2. The topological polar surface area (TPSA) is 63.7 Å². The number of rotatable bonds is 5. The molecule has 1 aliphatic heterocycles. The van der Waals surface area contributed by atoms with Crippen LogP contribution in [-0.2, 0) is 9.53 Å². The molecule has 0 spiro atoms. The number of amides is 1. The molecule has 1 fully saturated rings. The summed E-state index contributed by atoms with van der Waals surface area (Å²) in [6.07, 6.45) is 1.67. The van der Waals surface area contributed by atoms with Crippen molar-refractivity contribution in [2.24, 2.45) is 0 Å². The van der Waals surface area contributed by atoms with Gasteiger partial charge >= 0.3 is 0 Å². The molecule has 3 aromatic rings. The van der Waals surface area contributed by atoms with Gasteiger partial charge in [0.2, 0.25) is 0 Å². The molecular weight excluding hydrogens is 378 g/mol. The third-order valence-electron chi connectivity index (χ3n) is 4.57. The Morgan fingerprint density at radius 3 is 2.82 bits per heavy atom. The number of hydrogen-bond acceptors (Lipinski definition) is 5. The Bertz CT molecular complexity index is 990. The van der Waals surface area contributed by atoms with Gasteiger partial charge in [-0.2, -0.15) is 0 Å². The molecule has 144 valence electrons. The van der Waals surface area contributed by atoms with Crippen molar-refractivity contribution in [2.75, 3.05) is 43.1 Å². The molecule has 2 aromatic carbocycles. The summed E-state index contributed by atoms with van der Waals surface area (Å²) in [6, 6.07) is 14.9. The van der Waals surface area contributed by atoms with E-state index in [0.717, 1.165) is 29.9 Å². The average Bonchev–Trinajstić information content (AvgIpc) is 2.74. The van der Waals surface area contributed by atoms with Gasteiger partial charge in [0.25, 0.3) is 5.91 Å². The molecular formula is C21H20ClN3O3. The van der Waals surface area contributed by atoms with Crippen molar-refractivity contribution in [3.8, 4) is 5.75 Å². The van der Waals surface area contributed by atoms with E-state index in [2.05, 4.69) is 15.2 Å². The van der Waals surface area contributed by atoms with Gasteiger partial charge in [0.1, 0.15) is 11.3 Å². The summed E-state index contributed by atoms with van der Waals surface area (Å²) in [5.41, 5.74) is 2.38. The Labute approximate surface area is 168 Å². The van der Waals surface area contributed by atoms with Crippen LogP contribution < -0.4 is 15.0 Å². The van der Waals surface area contributed by atoms with Gasteiger partial charge in [0.15, 0.2) is 6.61 Å². The van der Waals surface area contributed by atoms with Gasteiger partial charge in [-0.3, -0.25) is 9.78 Å². The predicted molar refractivity (Wildman–Crippen MR) is 110 cm³/mol. The zero-order valence-electron chi connectivity index (χ0n) is 15.2. The first-order valence-electron chi connectivity index (χ1n) is 9.10. The van der Waals surface area contributed by atoms with E-state index in [1.54, 1.807) is 18.3 Å². The first-order chi connectivity index (χ1) is 13.7. The van der Waals surface area contributed by atoms with Crippen LogP contribution in [0.5, 0.6) is 5.75 Å². The maximum Gasteiger partial charge on any atom is 0.262 e. The highest BCUT2D eigenvalue weighted by Gasteiger charge is 2.16. The van der Waals surface area contributed by atoms with Gasteiger partial charge in [-0.05, 0) is 36.4 Å². The Hall–Kier alpha value is -2.83. The van der Waals surface area contributed by atoms with Crippen LogP contribution in [0.1, 0.15) is 0 Å². The van der Waals surface area contributed by atoms with Crippen LogP contribution >= 0.6 is 11.6 Å². The highest BCUT2D eigenvalue weighted by Crippen LogP contribution is 2.30. The minimum absolute atomic E-state index is 0.120. The van der Waals surface area contributed by atoms with Crippen molar-refractivity contribution in [3.63, 3.8) is 0 Å². The van der Waals surface area contributed by atoms with E-state index in [0.29, 0.717) is 29.5 Å². The lowest BCUT2D eigenvalue weighted by Gasteiger charge is -2.30. The summed E-state index contributed by atoms with van der Waals surface area (Å²) < 4.78 is 11.1. The van der Waals surface area contributed by atoms with Crippen molar-refractivity contribution >= 4 is 39.8 Å². The van der Waals surface area contributed by atoms with Crippen molar-refractivity contribution in [1.29, 1.82) is 0 Å². The molecule has 1 saturated heterocycles. The number of carbonyl (C=O) groups is 1. The first kappa shape index (κ1) is 18.5. The lowest BCUT2D eigenvalue weighted by molar-refractivity contribution is -0.118. The maximum atomic E-state index is 12.5. The monoisotopic (exact) mass is 397 g/mol. The van der Waals surface area contributed by atoms with Gasteiger partial charge in [-0.15, -0.1) is 0 Å². The number of halogens is 1. The van der Waals surface area contributed by atoms with E-state index >= 15 is 0 Å². The summed E-state index contributed by atoms with van der Waals surface area (Å²) in [5.74, 6) is 0.288. The van der Waals surface area contributed by atoms with E-state index in [1.807, 2.05) is 36.4 Å². The van der Waals surface area contributed by atoms with Crippen LogP contribution in [0, 0.1) is 0 Å². The molecule has 0 aliphatic carbocycles. The summed E-state index contributed by atoms with van der Waals surface area (Å²) >= 11 is 6.20. The molecule has 1 aliphatic rings. The fourth-order valence-corrected chi connectivity index (χ4v) is 3.43. The molecule has 2 heterocycles. The van der Waals surface area contributed by atoms with Crippen molar-refractivity contribution in [2.45, 2.75) is 0 Å². The highest BCUT2D eigenvalue weighted by atomic mass is 35.5. The van der Waals surface area contributed by atoms with Crippen LogP contribution in [0.15, 0.2) is 54.7 Å². The predicted octanol–water partition coefficient (Wildman–Crippen LogP) is 3.74. The normalized spacial score (nSPS) is 14.1. The average molecular weight is 398 g/mol. The lowest BCUT2D eigenvalue weighted by atomic mass is 10.2. The Morgan fingerprint density at radius 2 is 1.96 bits per heavy atom. The highest BCUT2D eigenvalue weighted by molar-refractivity contribution is 6.35. The second-order valence-electron chi connectivity index (χ2n) is 6.40. The number of nitrogens with one attached hydrogen (secondary N) is 1. The second-order valence-corrected chi connectivity index (χ2v) is 6.81. The molecule has 28 heavy (non-hydrogen) atoms. The summed E-state index contributed by atoms with van der Waals surface area (Å²) in [4.78, 5) is 19.0. The number of hydrogen-bond donors (Lipinski definition) is 1. The number of morpholine rings is 1. The molecule has 1 N–H and O–H groups in total. The number of fused-ring (bicyclic) bond motifs is 1. The Balaban J connectivity index is 1.45. The number of anilines is 2. The number of pyridine rings is 1. The van der Waals surface area contributed by atoms with E-state index in [4.69, 9.17) is 21.1 Å². The zero-order chi connectivity index (χ0) is 19.3. The minimum atomic E-state index is -0.236. The van der Waals surface area contributed by atoms with Gasteiger partial charge < -0.3 is 19.7 Å². The van der Waals surface area contributed by atoms with Gasteiger partial charge in [0.05, 0.1) is 29.6 Å². The number of aromatic nitrogens is 1. The van der Waals surface area contributed by atoms with Crippen LogP contribution in [0.25, 0.3) is 10.9 Å². The number of ether oxygens (including phenoxy) is 2. The van der Waals surface area contributed by atoms with E-state index < -0.39 is 0 Å². The molecule has 0 unspecified atom stereocenters. The molecule has 0 saturated carbocycles. The smallest absolute Gasteiger partial charge is 0.262 e. The van der Waals surface area contributed by atoms with Crippen molar-refractivity contribution in [3.05, 3.63) is 59.8 Å². The van der Waals surface area contributed by atoms with Gasteiger partial charge in [-0.1, -0.05) is 23.7 Å². The molecule has 1 aromatic heterocycles. The van der Waals surface area contributed by atoms with Crippen LogP contribution in [-0.4, -0.2) is 43.8 Å².